The molecule has 1 aliphatic rings. The van der Waals surface area contributed by atoms with Gasteiger partial charge >= 0.3 is 0 Å². The highest BCUT2D eigenvalue weighted by molar-refractivity contribution is 8.13. The van der Waals surface area contributed by atoms with E-state index in [1.54, 1.807) is 6.92 Å². The number of aliphatic hydroxyl groups excluding tert-OH is 1. The van der Waals surface area contributed by atoms with Crippen molar-refractivity contribution in [3.63, 3.8) is 0 Å². The summed E-state index contributed by atoms with van der Waals surface area (Å²) in [6.07, 6.45) is 2.24. The van der Waals surface area contributed by atoms with Crippen molar-refractivity contribution in [2.75, 3.05) is 12.9 Å². The summed E-state index contributed by atoms with van der Waals surface area (Å²) in [6, 6.07) is 0. The average molecular weight is 200 g/mol. The second-order valence-electron chi connectivity index (χ2n) is 2.75. The molecule has 0 aliphatic carbocycles. The van der Waals surface area contributed by atoms with Gasteiger partial charge in [-0.1, -0.05) is 11.8 Å². The van der Waals surface area contributed by atoms with Crippen LogP contribution in [0, 0.1) is 5.92 Å². The number of amidine groups is 1. The van der Waals surface area contributed by atoms with Gasteiger partial charge in [-0.3, -0.25) is 4.79 Å². The zero-order valence-electron chi connectivity index (χ0n) is 7.65. The van der Waals surface area contributed by atoms with Gasteiger partial charge in [0, 0.05) is 12.3 Å². The van der Waals surface area contributed by atoms with Crippen molar-refractivity contribution in [3.05, 3.63) is 0 Å². The Morgan fingerprint density at radius 3 is 2.69 bits per heavy atom. The molecule has 0 fully saturated rings. The molecule has 0 radical (unpaired) electrons. The fraction of sp³-hybridized carbons (Fsp3) is 0.625. The van der Waals surface area contributed by atoms with Crippen LogP contribution in [-0.2, 0) is 4.79 Å². The van der Waals surface area contributed by atoms with E-state index in [0.717, 1.165) is 5.71 Å². The molecule has 1 heterocycles. The highest BCUT2D eigenvalue weighted by Gasteiger charge is 2.24. The number of aliphatic imine (C=N–C) groups is 2. The van der Waals surface area contributed by atoms with Gasteiger partial charge in [0.15, 0.2) is 5.17 Å². The van der Waals surface area contributed by atoms with E-state index >= 15 is 0 Å². The van der Waals surface area contributed by atoms with Crippen molar-refractivity contribution >= 4 is 28.5 Å². The van der Waals surface area contributed by atoms with Crippen LogP contribution in [0.25, 0.3) is 0 Å². The molecular weight excluding hydrogens is 188 g/mol. The summed E-state index contributed by atoms with van der Waals surface area (Å²) in [6.45, 7) is 1.79. The Kier molecular flexibility index (Phi) is 3.62. The summed E-state index contributed by atoms with van der Waals surface area (Å²) in [7, 11) is 0. The molecule has 1 aliphatic heterocycles. The van der Waals surface area contributed by atoms with Gasteiger partial charge in [-0.25, -0.2) is 4.99 Å². The molecule has 0 aromatic rings. The Balaban J connectivity index is 2.80. The third-order valence-corrected chi connectivity index (χ3v) is 2.43. The molecule has 1 atom stereocenters. The SMILES string of the molecule is CSC1=NC(=O)C(CCO)C(C)=N1. The van der Waals surface area contributed by atoms with Crippen LogP contribution in [-0.4, -0.2) is 34.8 Å². The van der Waals surface area contributed by atoms with Gasteiger partial charge in [-0.2, -0.15) is 4.99 Å². The van der Waals surface area contributed by atoms with E-state index < -0.39 is 0 Å². The van der Waals surface area contributed by atoms with E-state index in [1.165, 1.54) is 11.8 Å². The van der Waals surface area contributed by atoms with Crippen molar-refractivity contribution in [2.24, 2.45) is 15.9 Å². The molecule has 4 nitrogen and oxygen atoms in total. The molecular formula is C8H12N2O2S. The normalized spacial score (nSPS) is 22.7. The van der Waals surface area contributed by atoms with Gasteiger partial charge in [0.05, 0.1) is 5.92 Å². The van der Waals surface area contributed by atoms with Crippen LogP contribution in [0.5, 0.6) is 0 Å². The first kappa shape index (κ1) is 10.4. The number of hydrogen-bond acceptors (Lipinski definition) is 4. The Labute approximate surface area is 81.2 Å². The van der Waals surface area contributed by atoms with Crippen molar-refractivity contribution in [3.8, 4) is 0 Å². The van der Waals surface area contributed by atoms with Gasteiger partial charge in [-0.15, -0.1) is 0 Å². The maximum Gasteiger partial charge on any atom is 0.257 e. The molecule has 0 bridgehead atoms. The summed E-state index contributed by atoms with van der Waals surface area (Å²) in [5.41, 5.74) is 0.749. The predicted octanol–water partition coefficient (Wildman–Crippen LogP) is 0.705. The largest absolute Gasteiger partial charge is 0.396 e. The molecule has 13 heavy (non-hydrogen) atoms. The van der Waals surface area contributed by atoms with Crippen LogP contribution in [0.3, 0.4) is 0 Å². The number of thioether (sulfide) groups is 1. The maximum absolute atomic E-state index is 11.4. The van der Waals surface area contributed by atoms with Crippen LogP contribution >= 0.6 is 11.8 Å². The number of carbonyl (C=O) groups excluding carboxylic acids is 1. The molecule has 5 heteroatoms. The van der Waals surface area contributed by atoms with E-state index in [0.29, 0.717) is 11.6 Å². The van der Waals surface area contributed by atoms with Gasteiger partial charge < -0.3 is 5.11 Å². The summed E-state index contributed by atoms with van der Waals surface area (Å²) in [4.78, 5) is 19.3. The molecule has 1 N–H and O–H groups in total. The molecule has 72 valence electrons. The first-order valence-electron chi connectivity index (χ1n) is 4.01. The van der Waals surface area contributed by atoms with Gasteiger partial charge in [0.2, 0.25) is 0 Å². The van der Waals surface area contributed by atoms with Gasteiger partial charge in [0.1, 0.15) is 0 Å². The number of rotatable bonds is 2. The minimum absolute atomic E-state index is 0.00656. The van der Waals surface area contributed by atoms with E-state index in [4.69, 9.17) is 5.11 Å². The maximum atomic E-state index is 11.4. The number of nitrogens with zero attached hydrogens (tertiary/aromatic N) is 2. The molecule has 0 saturated heterocycles. The Morgan fingerprint density at radius 1 is 1.54 bits per heavy atom. The number of aliphatic hydroxyl groups is 1. The number of amides is 1. The monoisotopic (exact) mass is 200 g/mol. The molecule has 0 saturated carbocycles. The molecule has 0 aromatic carbocycles. The number of carbonyl (C=O) groups is 1. The minimum atomic E-state index is -0.319. The van der Waals surface area contributed by atoms with Crippen molar-refractivity contribution in [2.45, 2.75) is 13.3 Å². The van der Waals surface area contributed by atoms with Crippen LogP contribution in [0.2, 0.25) is 0 Å². The van der Waals surface area contributed by atoms with Crippen molar-refractivity contribution < 1.29 is 9.90 Å². The first-order valence-corrected chi connectivity index (χ1v) is 5.24. The first-order chi connectivity index (χ1) is 6.19. The fourth-order valence-corrected chi connectivity index (χ4v) is 1.57. The summed E-state index contributed by atoms with van der Waals surface area (Å²) in [5.74, 6) is -0.508. The van der Waals surface area contributed by atoms with Crippen LogP contribution in [0.15, 0.2) is 9.98 Å². The highest BCUT2D eigenvalue weighted by Crippen LogP contribution is 2.16. The van der Waals surface area contributed by atoms with E-state index in [1.807, 2.05) is 6.26 Å². The van der Waals surface area contributed by atoms with E-state index in [2.05, 4.69) is 9.98 Å². The zero-order valence-corrected chi connectivity index (χ0v) is 8.47. The Hall–Kier alpha value is -0.680. The number of hydrogen-bond donors (Lipinski definition) is 1. The lowest BCUT2D eigenvalue weighted by molar-refractivity contribution is -0.120. The van der Waals surface area contributed by atoms with Crippen LogP contribution in [0.4, 0.5) is 0 Å². The second kappa shape index (κ2) is 4.53. The fourth-order valence-electron chi connectivity index (χ4n) is 1.16. The highest BCUT2D eigenvalue weighted by atomic mass is 32.2. The molecule has 1 amide bonds. The van der Waals surface area contributed by atoms with Crippen LogP contribution in [0.1, 0.15) is 13.3 Å². The van der Waals surface area contributed by atoms with Gasteiger partial charge in [0.25, 0.3) is 5.91 Å². The summed E-state index contributed by atoms with van der Waals surface area (Å²) < 4.78 is 0. The molecule has 0 spiro atoms. The molecule has 1 unspecified atom stereocenters. The Morgan fingerprint density at radius 2 is 2.23 bits per heavy atom. The van der Waals surface area contributed by atoms with E-state index in [-0.39, 0.29) is 18.4 Å². The lowest BCUT2D eigenvalue weighted by Crippen LogP contribution is -2.26. The van der Waals surface area contributed by atoms with Crippen molar-refractivity contribution in [1.29, 1.82) is 0 Å². The minimum Gasteiger partial charge on any atom is -0.396 e. The van der Waals surface area contributed by atoms with Crippen LogP contribution < -0.4 is 0 Å². The summed E-state index contributed by atoms with van der Waals surface area (Å²) >= 11 is 1.35. The summed E-state index contributed by atoms with van der Waals surface area (Å²) in [5, 5.41) is 9.23. The van der Waals surface area contributed by atoms with Gasteiger partial charge in [-0.05, 0) is 19.6 Å². The molecule has 1 rings (SSSR count). The Bertz CT molecular complexity index is 273. The second-order valence-corrected chi connectivity index (χ2v) is 3.53. The smallest absolute Gasteiger partial charge is 0.257 e. The third kappa shape index (κ3) is 2.38. The average Bonchev–Trinajstić information content (AvgIpc) is 2.11. The third-order valence-electron chi connectivity index (χ3n) is 1.88. The quantitative estimate of drug-likeness (QED) is 0.714. The van der Waals surface area contributed by atoms with Crippen molar-refractivity contribution in [1.82, 2.24) is 0 Å². The topological polar surface area (TPSA) is 62.0 Å². The molecule has 0 aromatic heterocycles. The lowest BCUT2D eigenvalue weighted by Gasteiger charge is -2.15. The lowest BCUT2D eigenvalue weighted by atomic mass is 9.99. The zero-order chi connectivity index (χ0) is 9.84. The standard InChI is InChI=1S/C8H12N2O2S/c1-5-6(3-4-11)7(12)10-8(9-5)13-2/h6,11H,3-4H2,1-2H3. The van der Waals surface area contributed by atoms with E-state index in [9.17, 15) is 4.79 Å². The predicted molar refractivity (Wildman–Crippen MR) is 54.3 cm³/mol.